The van der Waals surface area contributed by atoms with Crippen molar-refractivity contribution in [3.63, 3.8) is 0 Å². The van der Waals surface area contributed by atoms with Crippen LogP contribution in [0.2, 0.25) is 0 Å². The van der Waals surface area contributed by atoms with Crippen molar-refractivity contribution in [2.45, 2.75) is 18.7 Å². The van der Waals surface area contributed by atoms with Gasteiger partial charge in [-0.2, -0.15) is 0 Å². The second kappa shape index (κ2) is 5.13. The second-order valence-corrected chi connectivity index (χ2v) is 6.65. The predicted molar refractivity (Wildman–Crippen MR) is 75.7 cm³/mol. The number of hydrogen-bond acceptors (Lipinski definition) is 4. The Hall–Kier alpha value is -2.08. The van der Waals surface area contributed by atoms with E-state index in [1.165, 1.54) is 18.4 Å². The number of aryl methyl sites for hydroxylation is 2. The Labute approximate surface area is 117 Å². The highest BCUT2D eigenvalue weighted by Crippen LogP contribution is 2.21. The number of carbonyl (C=O) groups excluding carboxylic acids is 1. The maximum atomic E-state index is 12.1. The highest BCUT2D eigenvalue weighted by molar-refractivity contribution is 7.90. The molecule has 1 amide bonds. The molecule has 0 aliphatic heterocycles. The summed E-state index contributed by atoms with van der Waals surface area (Å²) in [6.07, 6.45) is 2.56. The van der Waals surface area contributed by atoms with Crippen LogP contribution in [0, 0.1) is 13.8 Å². The molecule has 0 fully saturated rings. The molecule has 0 saturated heterocycles. The van der Waals surface area contributed by atoms with Crippen LogP contribution in [0.25, 0.3) is 0 Å². The Balaban J connectivity index is 2.34. The molecule has 0 unspecified atom stereocenters. The number of hydrogen-bond donors (Lipinski definition) is 1. The number of amides is 1. The van der Waals surface area contributed by atoms with E-state index in [-0.39, 0.29) is 10.7 Å². The van der Waals surface area contributed by atoms with Crippen molar-refractivity contribution in [2.24, 2.45) is 0 Å². The normalized spacial score (nSPS) is 11.3. The molecule has 0 aliphatic rings. The molecule has 0 atom stereocenters. The van der Waals surface area contributed by atoms with Crippen molar-refractivity contribution in [2.75, 3.05) is 11.6 Å². The van der Waals surface area contributed by atoms with E-state index in [1.54, 1.807) is 26.0 Å². The molecule has 20 heavy (non-hydrogen) atoms. The summed E-state index contributed by atoms with van der Waals surface area (Å²) >= 11 is 0. The van der Waals surface area contributed by atoms with Gasteiger partial charge < -0.3 is 9.73 Å². The standard InChI is InChI=1S/C14H15NO4S/c1-9-4-5-11(20(3,17)18)8-12(9)15-14(16)13-10(2)6-7-19-13/h4-8H,1-3H3,(H,15,16). The molecule has 0 radical (unpaired) electrons. The zero-order chi connectivity index (χ0) is 14.9. The lowest BCUT2D eigenvalue weighted by Gasteiger charge is -2.09. The van der Waals surface area contributed by atoms with E-state index in [4.69, 9.17) is 4.42 Å². The fraction of sp³-hybridized carbons (Fsp3) is 0.214. The van der Waals surface area contributed by atoms with Gasteiger partial charge in [0.2, 0.25) is 0 Å². The summed E-state index contributed by atoms with van der Waals surface area (Å²) < 4.78 is 28.2. The second-order valence-electron chi connectivity index (χ2n) is 4.64. The van der Waals surface area contributed by atoms with Crippen LogP contribution in [0.1, 0.15) is 21.7 Å². The maximum absolute atomic E-state index is 12.1. The highest BCUT2D eigenvalue weighted by Gasteiger charge is 2.15. The van der Waals surface area contributed by atoms with Crippen LogP contribution >= 0.6 is 0 Å². The Bertz CT molecular complexity index is 759. The van der Waals surface area contributed by atoms with Gasteiger partial charge >= 0.3 is 0 Å². The molecule has 5 nitrogen and oxygen atoms in total. The van der Waals surface area contributed by atoms with E-state index in [1.807, 2.05) is 0 Å². The van der Waals surface area contributed by atoms with Crippen LogP contribution in [0.5, 0.6) is 0 Å². The predicted octanol–water partition coefficient (Wildman–Crippen LogP) is 2.55. The number of benzene rings is 1. The Morgan fingerprint density at radius 1 is 1.15 bits per heavy atom. The minimum Gasteiger partial charge on any atom is -0.459 e. The first-order chi connectivity index (χ1) is 9.29. The molecule has 0 spiro atoms. The Kier molecular flexibility index (Phi) is 3.67. The van der Waals surface area contributed by atoms with Crippen LogP contribution in [0.15, 0.2) is 39.8 Å². The first-order valence-corrected chi connectivity index (χ1v) is 7.84. The third-order valence-electron chi connectivity index (χ3n) is 2.95. The molecule has 0 aliphatic carbocycles. The summed E-state index contributed by atoms with van der Waals surface area (Å²) in [6, 6.07) is 6.30. The molecular weight excluding hydrogens is 278 g/mol. The lowest BCUT2D eigenvalue weighted by molar-refractivity contribution is 0.0995. The molecule has 1 aromatic heterocycles. The van der Waals surface area contributed by atoms with E-state index in [2.05, 4.69) is 5.32 Å². The Morgan fingerprint density at radius 3 is 2.40 bits per heavy atom. The molecule has 106 valence electrons. The van der Waals surface area contributed by atoms with Crippen LogP contribution in [-0.2, 0) is 9.84 Å². The van der Waals surface area contributed by atoms with E-state index < -0.39 is 15.7 Å². The monoisotopic (exact) mass is 293 g/mol. The SMILES string of the molecule is Cc1ccc(S(C)(=O)=O)cc1NC(=O)c1occc1C. The van der Waals surface area contributed by atoms with E-state index in [9.17, 15) is 13.2 Å². The van der Waals surface area contributed by atoms with Gasteiger partial charge in [-0.05, 0) is 37.6 Å². The molecule has 1 aromatic carbocycles. The lowest BCUT2D eigenvalue weighted by Crippen LogP contribution is -2.13. The molecular formula is C14H15NO4S. The zero-order valence-corrected chi connectivity index (χ0v) is 12.2. The number of rotatable bonds is 3. The largest absolute Gasteiger partial charge is 0.459 e. The minimum atomic E-state index is -3.31. The van der Waals surface area contributed by atoms with E-state index in [0.29, 0.717) is 5.69 Å². The topological polar surface area (TPSA) is 76.4 Å². The summed E-state index contributed by atoms with van der Waals surface area (Å²) in [5.74, 6) is -0.185. The van der Waals surface area contributed by atoms with Gasteiger partial charge in [-0.3, -0.25) is 4.79 Å². The quantitative estimate of drug-likeness (QED) is 0.943. The van der Waals surface area contributed by atoms with Crippen LogP contribution in [0.3, 0.4) is 0 Å². The zero-order valence-electron chi connectivity index (χ0n) is 11.4. The van der Waals surface area contributed by atoms with Crippen molar-refractivity contribution in [1.82, 2.24) is 0 Å². The van der Waals surface area contributed by atoms with E-state index >= 15 is 0 Å². The fourth-order valence-electron chi connectivity index (χ4n) is 1.75. The summed E-state index contributed by atoms with van der Waals surface area (Å²) in [5, 5.41) is 2.67. The Morgan fingerprint density at radius 2 is 1.85 bits per heavy atom. The summed E-state index contributed by atoms with van der Waals surface area (Å²) in [4.78, 5) is 12.2. The third-order valence-corrected chi connectivity index (χ3v) is 4.06. The summed E-state index contributed by atoms with van der Waals surface area (Å²) in [7, 11) is -3.31. The molecule has 1 heterocycles. The molecule has 0 saturated carbocycles. The number of nitrogens with one attached hydrogen (secondary N) is 1. The van der Waals surface area contributed by atoms with Gasteiger partial charge in [0.1, 0.15) is 0 Å². The minimum absolute atomic E-state index is 0.162. The number of furan rings is 1. The van der Waals surface area contributed by atoms with Gasteiger partial charge in [-0.25, -0.2) is 8.42 Å². The summed E-state index contributed by atoms with van der Waals surface area (Å²) in [5.41, 5.74) is 1.95. The molecule has 0 bridgehead atoms. The molecule has 2 rings (SSSR count). The number of sulfone groups is 1. The number of anilines is 1. The van der Waals surface area contributed by atoms with Gasteiger partial charge in [0.05, 0.1) is 11.2 Å². The molecule has 6 heteroatoms. The molecule has 2 aromatic rings. The average molecular weight is 293 g/mol. The lowest BCUT2D eigenvalue weighted by atomic mass is 10.2. The van der Waals surface area contributed by atoms with Gasteiger partial charge in [0, 0.05) is 17.5 Å². The highest BCUT2D eigenvalue weighted by atomic mass is 32.2. The van der Waals surface area contributed by atoms with Crippen molar-refractivity contribution >= 4 is 21.4 Å². The van der Waals surface area contributed by atoms with Gasteiger partial charge in [0.15, 0.2) is 15.6 Å². The first kappa shape index (κ1) is 14.3. The van der Waals surface area contributed by atoms with Gasteiger partial charge in [-0.1, -0.05) is 6.07 Å². The van der Waals surface area contributed by atoms with Crippen molar-refractivity contribution in [3.8, 4) is 0 Å². The number of carbonyl (C=O) groups is 1. The van der Waals surface area contributed by atoms with Crippen molar-refractivity contribution < 1.29 is 17.6 Å². The third kappa shape index (κ3) is 2.91. The fourth-order valence-corrected chi connectivity index (χ4v) is 2.40. The van der Waals surface area contributed by atoms with Gasteiger partial charge in [-0.15, -0.1) is 0 Å². The van der Waals surface area contributed by atoms with Crippen molar-refractivity contribution in [1.29, 1.82) is 0 Å². The van der Waals surface area contributed by atoms with Crippen LogP contribution in [0.4, 0.5) is 5.69 Å². The van der Waals surface area contributed by atoms with Crippen LogP contribution < -0.4 is 5.32 Å². The maximum Gasteiger partial charge on any atom is 0.291 e. The van der Waals surface area contributed by atoms with Crippen molar-refractivity contribution in [3.05, 3.63) is 47.4 Å². The average Bonchev–Trinajstić information content (AvgIpc) is 2.77. The molecule has 1 N–H and O–H groups in total. The van der Waals surface area contributed by atoms with Crippen LogP contribution in [-0.4, -0.2) is 20.6 Å². The van der Waals surface area contributed by atoms with E-state index in [0.717, 1.165) is 17.4 Å². The summed E-state index contributed by atoms with van der Waals surface area (Å²) in [6.45, 7) is 3.55. The first-order valence-electron chi connectivity index (χ1n) is 5.95. The smallest absolute Gasteiger partial charge is 0.291 e. The van der Waals surface area contributed by atoms with Gasteiger partial charge in [0.25, 0.3) is 5.91 Å².